The quantitative estimate of drug-likeness (QED) is 0.590. The van der Waals surface area contributed by atoms with E-state index in [1.807, 2.05) is 30.3 Å². The number of likely N-dealkylation sites (tertiary alicyclic amines) is 1. The summed E-state index contributed by atoms with van der Waals surface area (Å²) >= 11 is 0. The van der Waals surface area contributed by atoms with Crippen LogP contribution in [0.3, 0.4) is 0 Å². The minimum Gasteiger partial charge on any atom is -0.355 e. The average molecular weight is 439 g/mol. The lowest BCUT2D eigenvalue weighted by Crippen LogP contribution is -2.34. The standard InChI is InChI=1S/C25H34N4O3/c1-3-28-14-11-19(12-15-28)10-7-13-27-23(30)21-16-22(24(31)26-2)25(32)29(18-21)17-20-8-5-4-6-9-20/h4-6,8-9,16,18-19H,3,7,10-15,17H2,1-2H3,(H,26,31)(H,27,30). The van der Waals surface area contributed by atoms with E-state index < -0.39 is 11.5 Å². The van der Waals surface area contributed by atoms with Gasteiger partial charge in [-0.25, -0.2) is 0 Å². The highest BCUT2D eigenvalue weighted by Crippen LogP contribution is 2.21. The number of benzene rings is 1. The number of amides is 2. The summed E-state index contributed by atoms with van der Waals surface area (Å²) in [6.45, 7) is 6.53. The smallest absolute Gasteiger partial charge is 0.263 e. The summed E-state index contributed by atoms with van der Waals surface area (Å²) in [6, 6.07) is 10.9. The van der Waals surface area contributed by atoms with Crippen molar-refractivity contribution < 1.29 is 9.59 Å². The van der Waals surface area contributed by atoms with Crippen LogP contribution in [0.2, 0.25) is 0 Å². The Bertz CT molecular complexity index is 963. The summed E-state index contributed by atoms with van der Waals surface area (Å²) in [5.74, 6) is -0.0371. The third kappa shape index (κ3) is 6.29. The summed E-state index contributed by atoms with van der Waals surface area (Å²) < 4.78 is 1.43. The zero-order chi connectivity index (χ0) is 22.9. The highest BCUT2D eigenvalue weighted by molar-refractivity contribution is 5.99. The molecule has 7 heteroatoms. The predicted octanol–water partition coefficient (Wildman–Crippen LogP) is 2.50. The van der Waals surface area contributed by atoms with Crippen LogP contribution in [0, 0.1) is 5.92 Å². The van der Waals surface area contributed by atoms with Gasteiger partial charge in [0, 0.05) is 19.8 Å². The van der Waals surface area contributed by atoms with Gasteiger partial charge in [0.05, 0.1) is 12.1 Å². The van der Waals surface area contributed by atoms with Gasteiger partial charge in [-0.2, -0.15) is 0 Å². The second-order valence-electron chi connectivity index (χ2n) is 8.42. The van der Waals surface area contributed by atoms with Gasteiger partial charge in [0.2, 0.25) is 0 Å². The van der Waals surface area contributed by atoms with E-state index in [2.05, 4.69) is 22.5 Å². The zero-order valence-electron chi connectivity index (χ0n) is 19.1. The van der Waals surface area contributed by atoms with E-state index in [1.54, 1.807) is 0 Å². The highest BCUT2D eigenvalue weighted by Gasteiger charge is 2.19. The van der Waals surface area contributed by atoms with Gasteiger partial charge >= 0.3 is 0 Å². The maximum atomic E-state index is 12.8. The fourth-order valence-electron chi connectivity index (χ4n) is 4.24. The number of rotatable bonds is 9. The average Bonchev–Trinajstić information content (AvgIpc) is 2.83. The molecule has 32 heavy (non-hydrogen) atoms. The molecule has 0 unspecified atom stereocenters. The molecule has 2 heterocycles. The van der Waals surface area contributed by atoms with E-state index >= 15 is 0 Å². The number of nitrogens with one attached hydrogen (secondary N) is 2. The Kier molecular flexibility index (Phi) is 8.62. The largest absolute Gasteiger partial charge is 0.355 e. The van der Waals surface area contributed by atoms with Gasteiger partial charge in [0.25, 0.3) is 17.4 Å². The lowest BCUT2D eigenvalue weighted by atomic mass is 9.92. The summed E-state index contributed by atoms with van der Waals surface area (Å²) in [5, 5.41) is 5.44. The summed E-state index contributed by atoms with van der Waals surface area (Å²) in [7, 11) is 1.47. The number of aromatic nitrogens is 1. The van der Waals surface area contributed by atoms with Crippen LogP contribution in [0.15, 0.2) is 47.4 Å². The number of nitrogens with zero attached hydrogens (tertiary/aromatic N) is 2. The van der Waals surface area contributed by atoms with Crippen LogP contribution in [0.1, 0.15) is 58.9 Å². The molecule has 1 aromatic heterocycles. The first-order valence-corrected chi connectivity index (χ1v) is 11.5. The SMILES string of the molecule is CCN1CCC(CCCNC(=O)c2cc(C(=O)NC)c(=O)n(Cc3ccccc3)c2)CC1. The lowest BCUT2D eigenvalue weighted by Gasteiger charge is -2.31. The molecule has 3 rings (SSSR count). The molecule has 1 aromatic carbocycles. The van der Waals surface area contributed by atoms with Crippen LogP contribution in [-0.2, 0) is 6.54 Å². The van der Waals surface area contributed by atoms with E-state index in [0.717, 1.165) is 30.9 Å². The molecule has 172 valence electrons. The molecule has 0 aliphatic carbocycles. The number of carbonyl (C=O) groups excluding carboxylic acids is 2. The molecule has 1 saturated heterocycles. The molecule has 0 spiro atoms. The second kappa shape index (κ2) is 11.6. The molecule has 2 N–H and O–H groups in total. The summed E-state index contributed by atoms with van der Waals surface area (Å²) in [6.07, 6.45) is 6.02. The molecular weight excluding hydrogens is 404 g/mol. The van der Waals surface area contributed by atoms with Gasteiger partial charge in [-0.3, -0.25) is 14.4 Å². The van der Waals surface area contributed by atoms with E-state index in [9.17, 15) is 14.4 Å². The van der Waals surface area contributed by atoms with E-state index in [-0.39, 0.29) is 11.5 Å². The number of hydrogen-bond acceptors (Lipinski definition) is 4. The van der Waals surface area contributed by atoms with Gasteiger partial charge < -0.3 is 20.1 Å². The van der Waals surface area contributed by atoms with Crippen molar-refractivity contribution >= 4 is 11.8 Å². The molecule has 2 amide bonds. The van der Waals surface area contributed by atoms with Gasteiger partial charge in [0.1, 0.15) is 5.56 Å². The zero-order valence-corrected chi connectivity index (χ0v) is 19.1. The minimum atomic E-state index is -0.495. The summed E-state index contributed by atoms with van der Waals surface area (Å²) in [5.41, 5.74) is 0.793. The van der Waals surface area contributed by atoms with Crippen LogP contribution in [0.5, 0.6) is 0 Å². The Morgan fingerprint density at radius 3 is 2.47 bits per heavy atom. The molecule has 1 aliphatic rings. The molecule has 0 radical (unpaired) electrons. The van der Waals surface area contributed by atoms with E-state index in [0.29, 0.717) is 18.7 Å². The van der Waals surface area contributed by atoms with Crippen molar-refractivity contribution in [2.24, 2.45) is 5.92 Å². The van der Waals surface area contributed by atoms with Crippen molar-refractivity contribution in [1.29, 1.82) is 0 Å². The van der Waals surface area contributed by atoms with E-state index in [4.69, 9.17) is 0 Å². The maximum Gasteiger partial charge on any atom is 0.263 e. The highest BCUT2D eigenvalue weighted by atomic mass is 16.2. The topological polar surface area (TPSA) is 83.4 Å². The third-order valence-electron chi connectivity index (χ3n) is 6.24. The number of hydrogen-bond donors (Lipinski definition) is 2. The normalized spacial score (nSPS) is 14.8. The molecule has 0 bridgehead atoms. The molecule has 7 nitrogen and oxygen atoms in total. The molecule has 2 aromatic rings. The molecule has 0 saturated carbocycles. The Morgan fingerprint density at radius 1 is 1.09 bits per heavy atom. The van der Waals surface area contributed by atoms with Gasteiger partial charge in [-0.05, 0) is 62.9 Å². The molecule has 1 aliphatic heterocycles. The minimum absolute atomic E-state index is 0.0289. The van der Waals surface area contributed by atoms with Crippen molar-refractivity contribution in [2.75, 3.05) is 33.2 Å². The van der Waals surface area contributed by atoms with Crippen molar-refractivity contribution in [3.63, 3.8) is 0 Å². The lowest BCUT2D eigenvalue weighted by molar-refractivity contribution is 0.0950. The number of piperidine rings is 1. The first-order valence-electron chi connectivity index (χ1n) is 11.5. The van der Waals surface area contributed by atoms with Crippen molar-refractivity contribution in [2.45, 2.75) is 39.2 Å². The van der Waals surface area contributed by atoms with Crippen LogP contribution >= 0.6 is 0 Å². The fraction of sp³-hybridized carbons (Fsp3) is 0.480. The third-order valence-corrected chi connectivity index (χ3v) is 6.24. The predicted molar refractivity (Wildman–Crippen MR) is 126 cm³/mol. The Morgan fingerprint density at radius 2 is 1.81 bits per heavy atom. The number of pyridine rings is 1. The van der Waals surface area contributed by atoms with Gasteiger partial charge in [-0.15, -0.1) is 0 Å². The molecular formula is C25H34N4O3. The van der Waals surface area contributed by atoms with Crippen LogP contribution < -0.4 is 16.2 Å². The van der Waals surface area contributed by atoms with Gasteiger partial charge in [0.15, 0.2) is 0 Å². The van der Waals surface area contributed by atoms with Crippen molar-refractivity contribution in [3.05, 3.63) is 69.6 Å². The number of carbonyl (C=O) groups is 2. The van der Waals surface area contributed by atoms with Gasteiger partial charge in [-0.1, -0.05) is 37.3 Å². The molecule has 1 fully saturated rings. The second-order valence-corrected chi connectivity index (χ2v) is 8.42. The first kappa shape index (κ1) is 23.7. The van der Waals surface area contributed by atoms with E-state index in [1.165, 1.54) is 49.8 Å². The fourth-order valence-corrected chi connectivity index (χ4v) is 4.24. The Balaban J connectivity index is 1.63. The molecule has 0 atom stereocenters. The van der Waals surface area contributed by atoms with Crippen molar-refractivity contribution in [3.8, 4) is 0 Å². The van der Waals surface area contributed by atoms with Crippen LogP contribution in [0.4, 0.5) is 0 Å². The maximum absolute atomic E-state index is 12.8. The monoisotopic (exact) mass is 438 g/mol. The van der Waals surface area contributed by atoms with Crippen molar-refractivity contribution in [1.82, 2.24) is 20.1 Å². The summed E-state index contributed by atoms with van der Waals surface area (Å²) in [4.78, 5) is 40.3. The first-order chi connectivity index (χ1) is 15.5. The Hall–Kier alpha value is -2.93. The van der Waals surface area contributed by atoms with Crippen LogP contribution in [-0.4, -0.2) is 54.5 Å². The van der Waals surface area contributed by atoms with Crippen LogP contribution in [0.25, 0.3) is 0 Å². The Labute approximate surface area is 189 Å².